The van der Waals surface area contributed by atoms with Crippen molar-refractivity contribution in [2.24, 2.45) is 0 Å². The average molecular weight is 525 g/mol. The Bertz CT molecular complexity index is 1210. The minimum Gasteiger partial charge on any atom is -0.492 e. The van der Waals surface area contributed by atoms with E-state index in [1.54, 1.807) is 42.7 Å². The number of aromatic nitrogens is 1. The number of rotatable bonds is 11. The molecule has 194 valence electrons. The predicted molar refractivity (Wildman–Crippen MR) is 143 cm³/mol. The first kappa shape index (κ1) is 26.4. The number of ether oxygens (including phenoxy) is 1. The highest BCUT2D eigenvalue weighted by Gasteiger charge is 2.23. The number of hydrogen-bond acceptors (Lipinski definition) is 5. The molecule has 37 heavy (non-hydrogen) atoms. The molecule has 2 amide bonds. The van der Waals surface area contributed by atoms with Crippen molar-refractivity contribution >= 4 is 34.8 Å². The van der Waals surface area contributed by atoms with E-state index in [0.717, 1.165) is 31.6 Å². The fraction of sp³-hybridized carbons (Fsp3) is 0.321. The maximum Gasteiger partial charge on any atom is 0.258 e. The van der Waals surface area contributed by atoms with Gasteiger partial charge >= 0.3 is 0 Å². The van der Waals surface area contributed by atoms with E-state index in [2.05, 4.69) is 10.3 Å². The molecule has 0 bridgehead atoms. The molecule has 0 spiro atoms. The Balaban J connectivity index is 1.43. The van der Waals surface area contributed by atoms with Crippen molar-refractivity contribution in [3.8, 4) is 5.75 Å². The van der Waals surface area contributed by atoms with E-state index in [4.69, 9.17) is 16.3 Å². The predicted octanol–water partition coefficient (Wildman–Crippen LogP) is 5.41. The number of benzene rings is 2. The lowest BCUT2D eigenvalue weighted by atomic mass is 10.1. The van der Waals surface area contributed by atoms with Crippen molar-refractivity contribution in [3.05, 3.63) is 83.4 Å². The van der Waals surface area contributed by atoms with Gasteiger partial charge in [0.15, 0.2) is 0 Å². The summed E-state index contributed by atoms with van der Waals surface area (Å²) in [5.41, 5.74) is 1.35. The summed E-state index contributed by atoms with van der Waals surface area (Å²) in [5, 5.41) is 3.55. The minimum atomic E-state index is -0.512. The quantitative estimate of drug-likeness (QED) is 0.339. The molecule has 1 N–H and O–H groups in total. The number of pyridine rings is 1. The summed E-state index contributed by atoms with van der Waals surface area (Å²) in [4.78, 5) is 33.3. The lowest BCUT2D eigenvalue weighted by Crippen LogP contribution is -2.34. The second-order valence-electron chi connectivity index (χ2n) is 8.79. The van der Waals surface area contributed by atoms with E-state index in [1.807, 2.05) is 17.0 Å². The Morgan fingerprint density at radius 1 is 1.08 bits per heavy atom. The van der Waals surface area contributed by atoms with E-state index in [9.17, 15) is 14.0 Å². The highest BCUT2D eigenvalue weighted by atomic mass is 35.5. The molecule has 1 aliphatic rings. The van der Waals surface area contributed by atoms with Crippen LogP contribution in [0.3, 0.4) is 0 Å². The second-order valence-corrected chi connectivity index (χ2v) is 9.22. The molecule has 1 aromatic heterocycles. The van der Waals surface area contributed by atoms with Crippen LogP contribution in [0.1, 0.15) is 36.0 Å². The smallest absolute Gasteiger partial charge is 0.258 e. The van der Waals surface area contributed by atoms with Gasteiger partial charge in [-0.3, -0.25) is 14.6 Å². The van der Waals surface area contributed by atoms with Crippen molar-refractivity contribution in [1.82, 2.24) is 9.88 Å². The summed E-state index contributed by atoms with van der Waals surface area (Å²) in [7, 11) is 0. The molecule has 0 saturated carbocycles. The Kier molecular flexibility index (Phi) is 9.32. The highest BCUT2D eigenvalue weighted by molar-refractivity contribution is 6.31. The monoisotopic (exact) mass is 524 g/mol. The zero-order chi connectivity index (χ0) is 26.0. The van der Waals surface area contributed by atoms with Crippen LogP contribution in [0.4, 0.5) is 15.8 Å². The van der Waals surface area contributed by atoms with Crippen LogP contribution in [0.2, 0.25) is 5.02 Å². The molecule has 7 nitrogen and oxygen atoms in total. The third kappa shape index (κ3) is 7.43. The number of nitrogens with zero attached hydrogens (tertiary/aromatic N) is 3. The number of nitrogens with one attached hydrogen (secondary N) is 1. The highest BCUT2D eigenvalue weighted by Crippen LogP contribution is 2.26. The van der Waals surface area contributed by atoms with Gasteiger partial charge in [-0.25, -0.2) is 4.39 Å². The molecular weight excluding hydrogens is 495 g/mol. The lowest BCUT2D eigenvalue weighted by Gasteiger charge is -2.24. The maximum atomic E-state index is 14.7. The SMILES string of the molecule is O=C(CCCN(C(=O)c1cc(Cl)cc(OCCNc2ccncc2)c1)c1ccccc1F)N1CCCC1. The number of hydrogen-bond donors (Lipinski definition) is 1. The molecule has 2 heterocycles. The molecule has 1 fully saturated rings. The van der Waals surface area contributed by atoms with Crippen molar-refractivity contribution in [1.29, 1.82) is 0 Å². The number of para-hydroxylation sites is 1. The number of halogens is 2. The fourth-order valence-electron chi connectivity index (χ4n) is 4.27. The van der Waals surface area contributed by atoms with E-state index in [-0.39, 0.29) is 23.7 Å². The van der Waals surface area contributed by atoms with Gasteiger partial charge in [0, 0.05) is 61.3 Å². The van der Waals surface area contributed by atoms with Crippen molar-refractivity contribution in [2.75, 3.05) is 43.0 Å². The molecule has 0 unspecified atom stereocenters. The van der Waals surface area contributed by atoms with Crippen molar-refractivity contribution in [2.45, 2.75) is 25.7 Å². The third-order valence-corrected chi connectivity index (χ3v) is 6.34. The average Bonchev–Trinajstić information content (AvgIpc) is 3.45. The first-order valence-corrected chi connectivity index (χ1v) is 12.8. The van der Waals surface area contributed by atoms with Gasteiger partial charge in [0.25, 0.3) is 5.91 Å². The number of anilines is 2. The second kappa shape index (κ2) is 13.1. The summed E-state index contributed by atoms with van der Waals surface area (Å²) in [6.07, 6.45) is 6.14. The molecule has 0 aliphatic carbocycles. The van der Waals surface area contributed by atoms with Gasteiger partial charge in [0.1, 0.15) is 18.2 Å². The number of carbonyl (C=O) groups excluding carboxylic acids is 2. The topological polar surface area (TPSA) is 74.8 Å². The van der Waals surface area contributed by atoms with Crippen LogP contribution >= 0.6 is 11.6 Å². The van der Waals surface area contributed by atoms with E-state index in [0.29, 0.717) is 36.8 Å². The first-order valence-electron chi connectivity index (χ1n) is 12.4. The van der Waals surface area contributed by atoms with Crippen LogP contribution < -0.4 is 15.0 Å². The van der Waals surface area contributed by atoms with Gasteiger partial charge in [-0.2, -0.15) is 0 Å². The van der Waals surface area contributed by atoms with E-state index < -0.39 is 11.7 Å². The molecule has 1 saturated heterocycles. The van der Waals surface area contributed by atoms with Gasteiger partial charge < -0.3 is 19.9 Å². The fourth-order valence-corrected chi connectivity index (χ4v) is 4.50. The van der Waals surface area contributed by atoms with Gasteiger partial charge in [-0.05, 0) is 61.7 Å². The number of likely N-dealkylation sites (tertiary alicyclic amines) is 1. The Morgan fingerprint density at radius 2 is 1.84 bits per heavy atom. The van der Waals surface area contributed by atoms with Crippen LogP contribution in [-0.2, 0) is 4.79 Å². The maximum absolute atomic E-state index is 14.7. The Hall–Kier alpha value is -3.65. The van der Waals surface area contributed by atoms with Crippen LogP contribution in [-0.4, -0.2) is 54.5 Å². The van der Waals surface area contributed by atoms with E-state index >= 15 is 0 Å². The molecule has 0 atom stereocenters. The zero-order valence-electron chi connectivity index (χ0n) is 20.5. The normalized spacial score (nSPS) is 12.9. The molecule has 1 aliphatic heterocycles. The summed E-state index contributed by atoms with van der Waals surface area (Å²) >= 11 is 6.31. The minimum absolute atomic E-state index is 0.0669. The molecule has 3 aromatic rings. The lowest BCUT2D eigenvalue weighted by molar-refractivity contribution is -0.130. The molecule has 0 radical (unpaired) electrons. The molecular formula is C28H30ClFN4O3. The van der Waals surface area contributed by atoms with Gasteiger partial charge in [0.05, 0.1) is 5.69 Å². The van der Waals surface area contributed by atoms with E-state index in [1.165, 1.54) is 17.0 Å². The number of carbonyl (C=O) groups is 2. The van der Waals surface area contributed by atoms with Crippen LogP contribution in [0.25, 0.3) is 0 Å². The standard InChI is InChI=1S/C28H30ClFN4O3/c29-22-18-21(19-24(20-22)37-17-13-32-23-9-11-31-12-10-23)28(36)34(26-7-2-1-6-25(26)30)16-5-8-27(35)33-14-3-4-15-33/h1-2,6-7,9-12,18-20H,3-5,8,13-17H2,(H,31,32). The van der Waals surface area contributed by atoms with Crippen molar-refractivity contribution in [3.63, 3.8) is 0 Å². The van der Waals surface area contributed by atoms with Crippen LogP contribution in [0.15, 0.2) is 67.0 Å². The molecule has 9 heteroatoms. The van der Waals surface area contributed by atoms with Crippen LogP contribution in [0, 0.1) is 5.82 Å². The summed E-state index contributed by atoms with van der Waals surface area (Å²) in [6, 6.07) is 14.6. The first-order chi connectivity index (χ1) is 18.0. The largest absolute Gasteiger partial charge is 0.492 e. The Morgan fingerprint density at radius 3 is 2.59 bits per heavy atom. The Labute approximate surface area is 221 Å². The van der Waals surface area contributed by atoms with Crippen LogP contribution in [0.5, 0.6) is 5.75 Å². The zero-order valence-corrected chi connectivity index (χ0v) is 21.3. The summed E-state index contributed by atoms with van der Waals surface area (Å²) in [5.74, 6) is -0.425. The van der Waals surface area contributed by atoms with Gasteiger partial charge in [-0.15, -0.1) is 0 Å². The van der Waals surface area contributed by atoms with Crippen molar-refractivity contribution < 1.29 is 18.7 Å². The third-order valence-electron chi connectivity index (χ3n) is 6.12. The summed E-state index contributed by atoms with van der Waals surface area (Å²) < 4.78 is 20.5. The van der Waals surface area contributed by atoms with Gasteiger partial charge in [-0.1, -0.05) is 23.7 Å². The molecule has 4 rings (SSSR count). The summed E-state index contributed by atoms with van der Waals surface area (Å²) in [6.45, 7) is 2.62. The van der Waals surface area contributed by atoms with Gasteiger partial charge in [0.2, 0.25) is 5.91 Å². The molecule has 2 aromatic carbocycles. The number of amides is 2.